The zero-order chi connectivity index (χ0) is 13.1. The van der Waals surface area contributed by atoms with Crippen molar-refractivity contribution in [3.8, 4) is 5.75 Å². The van der Waals surface area contributed by atoms with E-state index in [-0.39, 0.29) is 25.6 Å². The molecule has 0 saturated heterocycles. The lowest BCUT2D eigenvalue weighted by atomic mass is 9.87. The molecular formula is C13H20ClNO4. The highest BCUT2D eigenvalue weighted by Crippen LogP contribution is 2.30. The maximum atomic E-state index is 9.70. The molecule has 0 heterocycles. The molecule has 0 aromatic heterocycles. The molecule has 0 spiro atoms. The molecule has 0 aliphatic heterocycles. The fraction of sp³-hybridized carbons (Fsp3) is 0.538. The Labute approximate surface area is 118 Å². The van der Waals surface area contributed by atoms with Crippen molar-refractivity contribution in [3.05, 3.63) is 29.3 Å². The van der Waals surface area contributed by atoms with Gasteiger partial charge in [-0.2, -0.15) is 0 Å². The van der Waals surface area contributed by atoms with Crippen LogP contribution in [-0.4, -0.2) is 46.8 Å². The molecule has 2 rings (SSSR count). The van der Waals surface area contributed by atoms with E-state index in [2.05, 4.69) is 0 Å². The Balaban J connectivity index is 0.00000180. The first kappa shape index (κ1) is 16.2. The number of ether oxygens (including phenoxy) is 1. The van der Waals surface area contributed by atoms with Gasteiger partial charge in [-0.3, -0.25) is 0 Å². The number of aliphatic hydroxyl groups is 3. The Kier molecular flexibility index (Phi) is 6.03. The van der Waals surface area contributed by atoms with Crippen LogP contribution >= 0.6 is 12.4 Å². The summed E-state index contributed by atoms with van der Waals surface area (Å²) in [6, 6.07) is 5.55. The van der Waals surface area contributed by atoms with Crippen molar-refractivity contribution in [1.29, 1.82) is 0 Å². The fourth-order valence-corrected chi connectivity index (χ4v) is 2.13. The molecule has 0 amide bonds. The van der Waals surface area contributed by atoms with Crippen LogP contribution in [0.15, 0.2) is 18.2 Å². The monoisotopic (exact) mass is 289 g/mol. The summed E-state index contributed by atoms with van der Waals surface area (Å²) in [5.41, 5.74) is 7.19. The first-order valence-electron chi connectivity index (χ1n) is 6.09. The molecule has 19 heavy (non-hydrogen) atoms. The number of benzene rings is 1. The van der Waals surface area contributed by atoms with Crippen molar-refractivity contribution < 1.29 is 20.1 Å². The second-order valence-electron chi connectivity index (χ2n) is 4.64. The lowest BCUT2D eigenvalue weighted by Crippen LogP contribution is -2.35. The van der Waals surface area contributed by atoms with E-state index in [9.17, 15) is 15.3 Å². The number of fused-ring (bicyclic) bond motifs is 1. The van der Waals surface area contributed by atoms with Gasteiger partial charge in [0.05, 0.1) is 12.2 Å². The summed E-state index contributed by atoms with van der Waals surface area (Å²) in [7, 11) is 0. The van der Waals surface area contributed by atoms with E-state index in [1.165, 1.54) is 0 Å². The van der Waals surface area contributed by atoms with Gasteiger partial charge in [-0.05, 0) is 11.6 Å². The Morgan fingerprint density at radius 2 is 1.95 bits per heavy atom. The molecule has 3 atom stereocenters. The summed E-state index contributed by atoms with van der Waals surface area (Å²) >= 11 is 0. The van der Waals surface area contributed by atoms with Crippen LogP contribution < -0.4 is 10.5 Å². The molecule has 1 aromatic carbocycles. The molecule has 5 nitrogen and oxygen atoms in total. The number of hydrogen-bond acceptors (Lipinski definition) is 5. The average Bonchev–Trinajstić information content (AvgIpc) is 2.37. The topological polar surface area (TPSA) is 95.9 Å². The van der Waals surface area contributed by atoms with Crippen LogP contribution in [-0.2, 0) is 12.8 Å². The van der Waals surface area contributed by atoms with Gasteiger partial charge in [0.1, 0.15) is 18.5 Å². The van der Waals surface area contributed by atoms with Crippen LogP contribution in [0.2, 0.25) is 0 Å². The predicted molar refractivity (Wildman–Crippen MR) is 73.7 cm³/mol. The van der Waals surface area contributed by atoms with Gasteiger partial charge >= 0.3 is 0 Å². The average molecular weight is 290 g/mol. The SMILES string of the molecule is Cl.NCC(O)COc1cccc2c1C[C@H](O)[C@H](O)C2. The van der Waals surface area contributed by atoms with Crippen molar-refractivity contribution in [3.63, 3.8) is 0 Å². The lowest BCUT2D eigenvalue weighted by molar-refractivity contribution is 0.0132. The van der Waals surface area contributed by atoms with Crippen LogP contribution in [0.4, 0.5) is 0 Å². The summed E-state index contributed by atoms with van der Waals surface area (Å²) in [4.78, 5) is 0. The second kappa shape index (κ2) is 7.07. The molecule has 0 bridgehead atoms. The molecule has 1 aliphatic carbocycles. The van der Waals surface area contributed by atoms with E-state index in [4.69, 9.17) is 10.5 Å². The fourth-order valence-electron chi connectivity index (χ4n) is 2.13. The zero-order valence-corrected chi connectivity index (χ0v) is 11.3. The third-order valence-electron chi connectivity index (χ3n) is 3.22. The largest absolute Gasteiger partial charge is 0.491 e. The summed E-state index contributed by atoms with van der Waals surface area (Å²) in [5, 5.41) is 28.7. The molecule has 0 radical (unpaired) electrons. The Hall–Kier alpha value is -0.850. The third-order valence-corrected chi connectivity index (χ3v) is 3.22. The van der Waals surface area contributed by atoms with Crippen LogP contribution in [0.25, 0.3) is 0 Å². The van der Waals surface area contributed by atoms with Crippen LogP contribution in [0.5, 0.6) is 5.75 Å². The normalized spacial score (nSPS) is 23.2. The predicted octanol–water partition coefficient (Wildman–Crippen LogP) is -0.373. The third kappa shape index (κ3) is 3.81. The molecule has 1 unspecified atom stereocenters. The molecule has 108 valence electrons. The first-order valence-corrected chi connectivity index (χ1v) is 6.09. The van der Waals surface area contributed by atoms with Gasteiger partial charge in [0, 0.05) is 24.9 Å². The number of halogens is 1. The van der Waals surface area contributed by atoms with Gasteiger partial charge in [0.15, 0.2) is 0 Å². The first-order chi connectivity index (χ1) is 8.61. The molecule has 1 aliphatic rings. The zero-order valence-electron chi connectivity index (χ0n) is 10.5. The molecule has 0 fully saturated rings. The maximum absolute atomic E-state index is 9.70. The number of hydrogen-bond donors (Lipinski definition) is 4. The Morgan fingerprint density at radius 1 is 1.26 bits per heavy atom. The standard InChI is InChI=1S/C13H19NO4.ClH/c14-6-9(15)7-18-13-3-1-2-8-4-11(16)12(17)5-10(8)13;/h1-3,9,11-12,15-17H,4-7,14H2;1H/t9?,11-,12+;/m1./s1. The van der Waals surface area contributed by atoms with Crippen molar-refractivity contribution in [2.45, 2.75) is 31.2 Å². The van der Waals surface area contributed by atoms with Gasteiger partial charge in [0.25, 0.3) is 0 Å². The second-order valence-corrected chi connectivity index (χ2v) is 4.64. The van der Waals surface area contributed by atoms with Gasteiger partial charge in [-0.15, -0.1) is 12.4 Å². The van der Waals surface area contributed by atoms with Crippen LogP contribution in [0.3, 0.4) is 0 Å². The molecular weight excluding hydrogens is 270 g/mol. The Morgan fingerprint density at radius 3 is 2.63 bits per heavy atom. The lowest BCUT2D eigenvalue weighted by Gasteiger charge is -2.27. The number of rotatable bonds is 4. The highest BCUT2D eigenvalue weighted by molar-refractivity contribution is 5.85. The Bertz CT molecular complexity index is 416. The molecule has 5 N–H and O–H groups in total. The minimum Gasteiger partial charge on any atom is -0.491 e. The van der Waals surface area contributed by atoms with Crippen molar-refractivity contribution in [2.75, 3.05) is 13.2 Å². The van der Waals surface area contributed by atoms with Crippen molar-refractivity contribution in [1.82, 2.24) is 0 Å². The summed E-state index contributed by atoms with van der Waals surface area (Å²) in [6.07, 6.45) is -1.39. The van der Waals surface area contributed by atoms with E-state index in [1.54, 1.807) is 6.07 Å². The van der Waals surface area contributed by atoms with Gasteiger partial charge in [0.2, 0.25) is 0 Å². The minimum absolute atomic E-state index is 0. The van der Waals surface area contributed by atoms with Gasteiger partial charge in [-0.25, -0.2) is 0 Å². The summed E-state index contributed by atoms with van der Waals surface area (Å²) < 4.78 is 5.52. The quantitative estimate of drug-likeness (QED) is 0.606. The van der Waals surface area contributed by atoms with Gasteiger partial charge in [-0.1, -0.05) is 12.1 Å². The van der Waals surface area contributed by atoms with E-state index in [1.807, 2.05) is 12.1 Å². The van der Waals surface area contributed by atoms with E-state index >= 15 is 0 Å². The van der Waals surface area contributed by atoms with E-state index < -0.39 is 18.3 Å². The smallest absolute Gasteiger partial charge is 0.123 e. The summed E-state index contributed by atoms with van der Waals surface area (Å²) in [5.74, 6) is 0.644. The molecule has 6 heteroatoms. The highest BCUT2D eigenvalue weighted by Gasteiger charge is 2.27. The van der Waals surface area contributed by atoms with Crippen LogP contribution in [0.1, 0.15) is 11.1 Å². The van der Waals surface area contributed by atoms with Crippen LogP contribution in [0, 0.1) is 0 Å². The van der Waals surface area contributed by atoms with Crippen molar-refractivity contribution >= 4 is 12.4 Å². The van der Waals surface area contributed by atoms with Gasteiger partial charge < -0.3 is 25.8 Å². The number of aliphatic hydroxyl groups excluding tert-OH is 3. The highest BCUT2D eigenvalue weighted by atomic mass is 35.5. The maximum Gasteiger partial charge on any atom is 0.123 e. The molecule has 1 aromatic rings. The molecule has 0 saturated carbocycles. The number of nitrogens with two attached hydrogens (primary N) is 1. The van der Waals surface area contributed by atoms with Crippen molar-refractivity contribution in [2.24, 2.45) is 5.73 Å². The van der Waals surface area contributed by atoms with E-state index in [0.717, 1.165) is 11.1 Å². The minimum atomic E-state index is -0.762. The summed E-state index contributed by atoms with van der Waals surface area (Å²) in [6.45, 7) is 0.280. The van der Waals surface area contributed by atoms with E-state index in [0.29, 0.717) is 18.6 Å².